The first-order valence-corrected chi connectivity index (χ1v) is 16.9. The van der Waals surface area contributed by atoms with Gasteiger partial charge in [0.05, 0.1) is 18.8 Å². The number of rotatable bonds is 17. The zero-order valence-corrected chi connectivity index (χ0v) is 25.1. The van der Waals surface area contributed by atoms with Gasteiger partial charge in [-0.1, -0.05) is 7.43 Å². The fraction of sp³-hybridized carbons (Fsp3) is 0.840. The normalized spacial score (nSPS) is 19.7. The average molecular weight is 581 g/mol. The largest absolute Gasteiger partial charge is 0.500 e. The monoisotopic (exact) mass is 580 g/mol. The van der Waals surface area contributed by atoms with Crippen LogP contribution in [0.4, 0.5) is 0 Å². The minimum atomic E-state index is -2.60. The van der Waals surface area contributed by atoms with Crippen molar-refractivity contribution in [2.24, 2.45) is 11.8 Å². The molecule has 1 saturated carbocycles. The molecule has 2 fully saturated rings. The number of cyclic esters (lactones) is 2. The molecule has 1 saturated heterocycles. The van der Waals surface area contributed by atoms with Crippen molar-refractivity contribution in [3.05, 3.63) is 0 Å². The molecule has 2 unspecified atom stereocenters. The van der Waals surface area contributed by atoms with Gasteiger partial charge in [0.15, 0.2) is 0 Å². The maximum absolute atomic E-state index is 11.6. The quantitative estimate of drug-likeness (QED) is 0.142. The van der Waals surface area contributed by atoms with Gasteiger partial charge >= 0.3 is 29.5 Å². The molecule has 0 spiro atoms. The Labute approximate surface area is 229 Å². The minimum absolute atomic E-state index is 0. The molecule has 0 radical (unpaired) electrons. The van der Waals surface area contributed by atoms with Crippen molar-refractivity contribution in [2.75, 3.05) is 41.2 Å². The van der Waals surface area contributed by atoms with Gasteiger partial charge in [-0.25, -0.2) is 0 Å². The van der Waals surface area contributed by atoms with E-state index in [4.69, 9.17) is 26.6 Å². The van der Waals surface area contributed by atoms with Crippen molar-refractivity contribution in [3.63, 3.8) is 0 Å². The first-order chi connectivity index (χ1) is 17.6. The molecule has 2 rings (SSSR count). The summed E-state index contributed by atoms with van der Waals surface area (Å²) < 4.78 is 37.6. The van der Waals surface area contributed by atoms with Crippen LogP contribution in [-0.4, -0.2) is 82.3 Å². The lowest BCUT2D eigenvalue weighted by atomic mass is 10.0. The number of esters is 2. The van der Waals surface area contributed by atoms with Crippen LogP contribution in [0.15, 0.2) is 0 Å². The molecular formula is C25H48O11Si2. The van der Waals surface area contributed by atoms with Gasteiger partial charge in [-0.2, -0.15) is 0 Å². The van der Waals surface area contributed by atoms with Crippen molar-refractivity contribution in [1.29, 1.82) is 0 Å². The molecular weight excluding hydrogens is 532 g/mol. The highest BCUT2D eigenvalue weighted by molar-refractivity contribution is 6.61. The highest BCUT2D eigenvalue weighted by atomic mass is 28.4. The molecule has 0 amide bonds. The number of hydrogen-bond acceptors (Lipinski definition) is 11. The summed E-state index contributed by atoms with van der Waals surface area (Å²) in [6.07, 6.45) is 3.54. The number of Topliss-reactive ketones (excluding diaryl/α,β-unsaturated/α-hetero) is 2. The van der Waals surface area contributed by atoms with Crippen molar-refractivity contribution in [1.82, 2.24) is 0 Å². The number of hydrogen-bond donors (Lipinski definition) is 0. The molecule has 0 N–H and O–H groups in total. The van der Waals surface area contributed by atoms with E-state index in [9.17, 15) is 19.2 Å². The zero-order valence-electron chi connectivity index (χ0n) is 23.1. The van der Waals surface area contributed by atoms with Gasteiger partial charge in [-0.3, -0.25) is 19.2 Å². The summed E-state index contributed by atoms with van der Waals surface area (Å²) in [6.45, 7) is 7.48. The number of carbonyl (C=O) groups is 4. The van der Waals surface area contributed by atoms with E-state index in [-0.39, 0.29) is 43.7 Å². The lowest BCUT2D eigenvalue weighted by Crippen LogP contribution is -2.46. The topological polar surface area (TPSA) is 133 Å². The van der Waals surface area contributed by atoms with E-state index in [1.54, 1.807) is 21.3 Å². The molecule has 11 nitrogen and oxygen atoms in total. The Kier molecular flexibility index (Phi) is 18.2. The van der Waals surface area contributed by atoms with Crippen LogP contribution in [0, 0.1) is 11.8 Å². The predicted molar refractivity (Wildman–Crippen MR) is 144 cm³/mol. The molecule has 0 bridgehead atoms. The van der Waals surface area contributed by atoms with E-state index in [0.717, 1.165) is 12.8 Å². The predicted octanol–water partition coefficient (Wildman–Crippen LogP) is 3.73. The second kappa shape index (κ2) is 18.9. The van der Waals surface area contributed by atoms with Crippen LogP contribution in [0.25, 0.3) is 0 Å². The lowest BCUT2D eigenvalue weighted by molar-refractivity contribution is -0.153. The molecule has 1 heterocycles. The average Bonchev–Trinajstić information content (AvgIpc) is 3.36. The Morgan fingerprint density at radius 1 is 0.737 bits per heavy atom. The van der Waals surface area contributed by atoms with E-state index in [0.29, 0.717) is 51.2 Å². The van der Waals surface area contributed by atoms with E-state index in [1.807, 2.05) is 20.8 Å². The Morgan fingerprint density at radius 3 is 1.58 bits per heavy atom. The summed E-state index contributed by atoms with van der Waals surface area (Å²) in [6, 6.07) is 1.33. The molecule has 1 aliphatic heterocycles. The Bertz CT molecular complexity index is 718. The van der Waals surface area contributed by atoms with Crippen molar-refractivity contribution < 1.29 is 50.5 Å². The number of ketones is 2. The summed E-state index contributed by atoms with van der Waals surface area (Å²) in [5.74, 6) is -1.11. The van der Waals surface area contributed by atoms with Crippen LogP contribution in [0.1, 0.15) is 73.1 Å². The van der Waals surface area contributed by atoms with Crippen molar-refractivity contribution in [2.45, 2.75) is 85.2 Å². The van der Waals surface area contributed by atoms with E-state index >= 15 is 0 Å². The smallest absolute Gasteiger partial charge is 0.393 e. The van der Waals surface area contributed by atoms with Crippen LogP contribution in [0.3, 0.4) is 0 Å². The summed E-state index contributed by atoms with van der Waals surface area (Å²) >= 11 is 0. The van der Waals surface area contributed by atoms with Crippen LogP contribution < -0.4 is 0 Å². The molecule has 2 aliphatic rings. The lowest BCUT2D eigenvalue weighted by Gasteiger charge is -2.28. The second-order valence-corrected chi connectivity index (χ2v) is 14.7. The molecule has 222 valence electrons. The summed E-state index contributed by atoms with van der Waals surface area (Å²) in [5.41, 5.74) is 0. The molecule has 2 atom stereocenters. The van der Waals surface area contributed by atoms with Crippen LogP contribution in [-0.2, 0) is 50.5 Å². The third-order valence-corrected chi connectivity index (χ3v) is 12.3. The van der Waals surface area contributed by atoms with Crippen molar-refractivity contribution >= 4 is 41.1 Å². The maximum atomic E-state index is 11.6. The first-order valence-electron chi connectivity index (χ1n) is 13.0. The van der Waals surface area contributed by atoms with Gasteiger partial charge in [0, 0.05) is 65.6 Å². The number of ether oxygens (including phenoxy) is 1. The van der Waals surface area contributed by atoms with Gasteiger partial charge in [0.2, 0.25) is 0 Å². The van der Waals surface area contributed by atoms with Crippen LogP contribution >= 0.6 is 0 Å². The van der Waals surface area contributed by atoms with E-state index in [2.05, 4.69) is 4.74 Å². The van der Waals surface area contributed by atoms with Gasteiger partial charge in [0.1, 0.15) is 11.6 Å². The summed E-state index contributed by atoms with van der Waals surface area (Å²) in [7, 11) is -0.524. The Hall–Kier alpha value is -1.33. The van der Waals surface area contributed by atoms with Gasteiger partial charge < -0.3 is 31.3 Å². The molecule has 38 heavy (non-hydrogen) atoms. The zero-order chi connectivity index (χ0) is 27.9. The molecule has 13 heteroatoms. The first kappa shape index (κ1) is 36.7. The molecule has 0 aromatic rings. The Balaban J connectivity index is 0.000000711. The molecule has 0 aromatic heterocycles. The molecule has 0 aromatic carbocycles. The third-order valence-electron chi connectivity index (χ3n) is 6.36. The minimum Gasteiger partial charge on any atom is -0.393 e. The highest BCUT2D eigenvalue weighted by Gasteiger charge is 2.41. The van der Waals surface area contributed by atoms with Crippen LogP contribution in [0.5, 0.6) is 0 Å². The summed E-state index contributed by atoms with van der Waals surface area (Å²) in [5, 5.41) is 0. The molecule has 1 aliphatic carbocycles. The van der Waals surface area contributed by atoms with Gasteiger partial charge in [-0.05, 0) is 46.5 Å². The second-order valence-electron chi connectivity index (χ2n) is 8.84. The SMILES string of the molecule is C.CCO[Si](CCCC1CC(=O)CC1=O)(OCC)OCC.CO[Si](CCCC1CC(=O)OC1=O)(OC)OC. The Morgan fingerprint density at radius 2 is 1.21 bits per heavy atom. The standard InChI is InChI=1S/C14H26O5Si.C10H18O6Si.CH4/c1-4-17-20(18-5-2,19-6-3)9-7-8-12-10-13(15)11-14(12)16;1-13-17(14-2,15-3)6-4-5-8-7-9(11)16-10(8)12;/h12H,4-11H2,1-3H3;8H,4-7H2,1-3H3;1H4. The number of carbonyl (C=O) groups excluding carboxylic acids is 4. The van der Waals surface area contributed by atoms with Gasteiger partial charge in [-0.15, -0.1) is 0 Å². The van der Waals surface area contributed by atoms with E-state index in [1.165, 1.54) is 0 Å². The maximum Gasteiger partial charge on any atom is 0.500 e. The summed E-state index contributed by atoms with van der Waals surface area (Å²) in [4.78, 5) is 45.0. The van der Waals surface area contributed by atoms with Gasteiger partial charge in [0.25, 0.3) is 0 Å². The highest BCUT2D eigenvalue weighted by Crippen LogP contribution is 2.27. The van der Waals surface area contributed by atoms with E-state index < -0.39 is 29.5 Å². The fourth-order valence-electron chi connectivity index (χ4n) is 4.49. The van der Waals surface area contributed by atoms with Crippen LogP contribution in [0.2, 0.25) is 12.1 Å². The third kappa shape index (κ3) is 11.8. The fourth-order valence-corrected chi connectivity index (χ4v) is 8.88. The van der Waals surface area contributed by atoms with Crippen molar-refractivity contribution in [3.8, 4) is 0 Å².